The van der Waals surface area contributed by atoms with E-state index in [4.69, 9.17) is 15.6 Å². The Morgan fingerprint density at radius 3 is 3.13 bits per heavy atom. The highest BCUT2D eigenvalue weighted by Gasteiger charge is 2.17. The van der Waals surface area contributed by atoms with Crippen LogP contribution in [-0.4, -0.2) is 29.3 Å². The number of hydrogen-bond donors (Lipinski definition) is 2. The molecule has 0 saturated carbocycles. The molecule has 0 bridgehead atoms. The number of aromatic nitrogens is 1. The van der Waals surface area contributed by atoms with Gasteiger partial charge >= 0.3 is 5.97 Å². The molecule has 1 unspecified atom stereocenters. The number of carboxylic acids is 1. The zero-order valence-corrected chi connectivity index (χ0v) is 9.29. The van der Waals surface area contributed by atoms with E-state index in [1.54, 1.807) is 5.38 Å². The fraction of sp³-hybridized carbons (Fsp3) is 0.556. The van der Waals surface area contributed by atoms with E-state index in [0.717, 1.165) is 5.01 Å². The second-order valence-corrected chi connectivity index (χ2v) is 3.87. The smallest absolute Gasteiger partial charge is 0.326 e. The van der Waals surface area contributed by atoms with Crippen molar-refractivity contribution in [2.75, 3.05) is 13.2 Å². The molecule has 0 amide bonds. The van der Waals surface area contributed by atoms with Gasteiger partial charge in [0.15, 0.2) is 0 Å². The minimum absolute atomic E-state index is 0.416. The van der Waals surface area contributed by atoms with Crippen LogP contribution in [0.5, 0.6) is 0 Å². The summed E-state index contributed by atoms with van der Waals surface area (Å²) < 4.78 is 5.17. The van der Waals surface area contributed by atoms with Crippen molar-refractivity contribution in [3.05, 3.63) is 16.1 Å². The number of nitrogens with zero attached hydrogens (tertiary/aromatic N) is 1. The van der Waals surface area contributed by atoms with Crippen LogP contribution in [0, 0.1) is 0 Å². The predicted molar refractivity (Wildman–Crippen MR) is 56.9 cm³/mol. The van der Waals surface area contributed by atoms with Gasteiger partial charge in [0, 0.05) is 18.4 Å². The average Bonchev–Trinajstić information content (AvgIpc) is 2.65. The van der Waals surface area contributed by atoms with Gasteiger partial charge in [0.05, 0.1) is 17.3 Å². The Morgan fingerprint density at radius 1 is 1.80 bits per heavy atom. The maximum Gasteiger partial charge on any atom is 0.326 e. The maximum absolute atomic E-state index is 10.6. The van der Waals surface area contributed by atoms with Gasteiger partial charge in [0.1, 0.15) is 6.04 Å². The lowest BCUT2D eigenvalue weighted by molar-refractivity contribution is -0.138. The molecule has 0 aliphatic rings. The van der Waals surface area contributed by atoms with Gasteiger partial charge < -0.3 is 15.6 Å². The molecule has 1 heterocycles. The number of rotatable bonds is 6. The third kappa shape index (κ3) is 3.58. The summed E-state index contributed by atoms with van der Waals surface area (Å²) in [4.78, 5) is 14.7. The van der Waals surface area contributed by atoms with Gasteiger partial charge in [-0.3, -0.25) is 4.79 Å². The number of aliphatic carboxylic acids is 1. The first-order valence-electron chi connectivity index (χ1n) is 4.65. The summed E-state index contributed by atoms with van der Waals surface area (Å²) in [7, 11) is 0. The molecular formula is C9H14N2O3S. The van der Waals surface area contributed by atoms with Gasteiger partial charge in [0.25, 0.3) is 0 Å². The number of ether oxygens (including phenoxy) is 1. The molecule has 15 heavy (non-hydrogen) atoms. The van der Waals surface area contributed by atoms with E-state index in [0.29, 0.717) is 25.3 Å². The van der Waals surface area contributed by atoms with Gasteiger partial charge in [-0.2, -0.15) is 0 Å². The van der Waals surface area contributed by atoms with Crippen LogP contribution >= 0.6 is 11.3 Å². The molecular weight excluding hydrogens is 216 g/mol. The molecule has 84 valence electrons. The molecule has 0 aliphatic carbocycles. The first-order valence-corrected chi connectivity index (χ1v) is 5.53. The lowest BCUT2D eigenvalue weighted by atomic mass is 10.2. The molecule has 0 saturated heterocycles. The van der Waals surface area contributed by atoms with Crippen molar-refractivity contribution >= 4 is 17.3 Å². The van der Waals surface area contributed by atoms with Crippen molar-refractivity contribution < 1.29 is 14.6 Å². The number of carboxylic acid groups (broad SMARTS) is 1. The van der Waals surface area contributed by atoms with Crippen LogP contribution in [0.15, 0.2) is 5.38 Å². The van der Waals surface area contributed by atoms with E-state index in [1.807, 2.05) is 6.92 Å². The van der Waals surface area contributed by atoms with Gasteiger partial charge in [-0.25, -0.2) is 4.98 Å². The highest BCUT2D eigenvalue weighted by Crippen LogP contribution is 2.15. The molecule has 3 N–H and O–H groups in total. The highest BCUT2D eigenvalue weighted by atomic mass is 32.1. The van der Waals surface area contributed by atoms with E-state index in [-0.39, 0.29) is 0 Å². The summed E-state index contributed by atoms with van der Waals surface area (Å²) in [5.74, 6) is -1.06. The van der Waals surface area contributed by atoms with Crippen LogP contribution in [-0.2, 0) is 16.0 Å². The van der Waals surface area contributed by atoms with Crippen molar-refractivity contribution in [2.24, 2.45) is 5.73 Å². The third-order valence-corrected chi connectivity index (χ3v) is 2.75. The second-order valence-electron chi connectivity index (χ2n) is 2.93. The maximum atomic E-state index is 10.6. The largest absolute Gasteiger partial charge is 0.480 e. The summed E-state index contributed by atoms with van der Waals surface area (Å²) >= 11 is 1.41. The van der Waals surface area contributed by atoms with E-state index in [1.165, 1.54) is 11.3 Å². The standard InChI is InChI=1S/C9H14N2O3S/c1-2-14-4-3-7-11-6(5-15-7)8(10)9(12)13/h5,8H,2-4,10H2,1H3,(H,12,13). The van der Waals surface area contributed by atoms with E-state index < -0.39 is 12.0 Å². The Labute approximate surface area is 91.9 Å². The quantitative estimate of drug-likeness (QED) is 0.706. The van der Waals surface area contributed by atoms with Crippen LogP contribution in [0.3, 0.4) is 0 Å². The van der Waals surface area contributed by atoms with Crippen molar-refractivity contribution in [2.45, 2.75) is 19.4 Å². The van der Waals surface area contributed by atoms with E-state index >= 15 is 0 Å². The Kier molecular flexibility index (Phi) is 4.67. The fourth-order valence-corrected chi connectivity index (χ4v) is 1.83. The SMILES string of the molecule is CCOCCc1nc(C(N)C(=O)O)cs1. The number of nitrogens with two attached hydrogens (primary N) is 1. The summed E-state index contributed by atoms with van der Waals surface area (Å²) in [5.41, 5.74) is 5.84. The fourth-order valence-electron chi connectivity index (χ4n) is 1.01. The van der Waals surface area contributed by atoms with Gasteiger partial charge in [-0.15, -0.1) is 11.3 Å². The Bertz CT molecular complexity index is 327. The molecule has 1 aromatic rings. The molecule has 0 aliphatic heterocycles. The number of thiazole rings is 1. The topological polar surface area (TPSA) is 85.4 Å². The predicted octanol–water partition coefficient (Wildman–Crippen LogP) is 0.806. The summed E-state index contributed by atoms with van der Waals surface area (Å²) in [6.07, 6.45) is 0.699. The Balaban J connectivity index is 2.52. The van der Waals surface area contributed by atoms with E-state index in [9.17, 15) is 4.79 Å². The van der Waals surface area contributed by atoms with Crippen molar-refractivity contribution in [1.82, 2.24) is 4.98 Å². The molecule has 0 spiro atoms. The zero-order valence-electron chi connectivity index (χ0n) is 8.47. The highest BCUT2D eigenvalue weighted by molar-refractivity contribution is 7.09. The molecule has 1 rings (SSSR count). The Morgan fingerprint density at radius 2 is 2.53 bits per heavy atom. The minimum atomic E-state index is -1.06. The molecule has 0 fully saturated rings. The second kappa shape index (κ2) is 5.79. The lowest BCUT2D eigenvalue weighted by Gasteiger charge is -2.00. The first kappa shape index (κ1) is 12.1. The molecule has 0 aromatic carbocycles. The van der Waals surface area contributed by atoms with Gasteiger partial charge in [-0.05, 0) is 6.92 Å². The van der Waals surface area contributed by atoms with Gasteiger partial charge in [0.2, 0.25) is 0 Å². The van der Waals surface area contributed by atoms with E-state index in [2.05, 4.69) is 4.98 Å². The molecule has 1 atom stereocenters. The van der Waals surface area contributed by atoms with Crippen LogP contribution in [0.1, 0.15) is 23.7 Å². The van der Waals surface area contributed by atoms with Crippen molar-refractivity contribution in [3.63, 3.8) is 0 Å². The zero-order chi connectivity index (χ0) is 11.3. The minimum Gasteiger partial charge on any atom is -0.480 e. The monoisotopic (exact) mass is 230 g/mol. The number of hydrogen-bond acceptors (Lipinski definition) is 5. The van der Waals surface area contributed by atoms with Gasteiger partial charge in [-0.1, -0.05) is 0 Å². The van der Waals surface area contributed by atoms with Crippen LogP contribution in [0.2, 0.25) is 0 Å². The van der Waals surface area contributed by atoms with Crippen molar-refractivity contribution in [1.29, 1.82) is 0 Å². The van der Waals surface area contributed by atoms with Crippen LogP contribution in [0.4, 0.5) is 0 Å². The summed E-state index contributed by atoms with van der Waals surface area (Å²) in [6.45, 7) is 3.20. The molecule has 1 aromatic heterocycles. The van der Waals surface area contributed by atoms with Crippen LogP contribution < -0.4 is 5.73 Å². The summed E-state index contributed by atoms with van der Waals surface area (Å²) in [5, 5.41) is 11.2. The average molecular weight is 230 g/mol. The first-order chi connectivity index (χ1) is 7.15. The molecule has 6 heteroatoms. The van der Waals surface area contributed by atoms with Crippen molar-refractivity contribution in [3.8, 4) is 0 Å². The Hall–Kier alpha value is -0.980. The third-order valence-electron chi connectivity index (χ3n) is 1.82. The molecule has 5 nitrogen and oxygen atoms in total. The summed E-state index contributed by atoms with van der Waals surface area (Å²) in [6, 6.07) is -1.03. The molecule has 0 radical (unpaired) electrons. The lowest BCUT2D eigenvalue weighted by Crippen LogP contribution is -2.20. The number of carbonyl (C=O) groups is 1. The normalized spacial score (nSPS) is 12.7. The van der Waals surface area contributed by atoms with Crippen LogP contribution in [0.25, 0.3) is 0 Å².